The number of nitro benzene ring substituents is 1. The summed E-state index contributed by atoms with van der Waals surface area (Å²) in [7, 11) is 0. The minimum absolute atomic E-state index is 0.0927. The summed E-state index contributed by atoms with van der Waals surface area (Å²) in [5.41, 5.74) is 0.683. The van der Waals surface area contributed by atoms with Gasteiger partial charge in [-0.3, -0.25) is 19.7 Å². The number of nitrogens with one attached hydrogen (secondary N) is 2. The highest BCUT2D eigenvalue weighted by atomic mass is 32.2. The van der Waals surface area contributed by atoms with Gasteiger partial charge in [-0.25, -0.2) is 4.79 Å². The molecule has 1 aromatic rings. The van der Waals surface area contributed by atoms with E-state index in [1.807, 2.05) is 0 Å². The molecular formula is C16H19N3O6S. The number of hydrogen-bond donors (Lipinski definition) is 2. The maximum absolute atomic E-state index is 12.1. The molecule has 0 spiro atoms. The highest BCUT2D eigenvalue weighted by molar-refractivity contribution is 8.00. The average molecular weight is 381 g/mol. The van der Waals surface area contributed by atoms with Gasteiger partial charge in [-0.1, -0.05) is 6.07 Å². The summed E-state index contributed by atoms with van der Waals surface area (Å²) < 4.78 is 4.86. The molecule has 0 radical (unpaired) electrons. The van der Waals surface area contributed by atoms with Crippen molar-refractivity contribution < 1.29 is 24.0 Å². The number of thioether (sulfide) groups is 1. The van der Waals surface area contributed by atoms with Crippen LogP contribution >= 0.6 is 11.8 Å². The normalized spacial score (nSPS) is 19.4. The Morgan fingerprint density at radius 2 is 2.19 bits per heavy atom. The fourth-order valence-corrected chi connectivity index (χ4v) is 3.51. The minimum Gasteiger partial charge on any atom is -0.464 e. The van der Waals surface area contributed by atoms with Crippen molar-refractivity contribution in [2.75, 3.05) is 17.7 Å². The first-order chi connectivity index (χ1) is 12.3. The van der Waals surface area contributed by atoms with Gasteiger partial charge in [0.05, 0.1) is 16.8 Å². The van der Waals surface area contributed by atoms with Gasteiger partial charge in [-0.2, -0.15) is 0 Å². The lowest BCUT2D eigenvalue weighted by Gasteiger charge is -2.27. The molecule has 2 unspecified atom stereocenters. The third kappa shape index (κ3) is 4.94. The number of esters is 1. The maximum Gasteiger partial charge on any atom is 0.329 e. The molecule has 2 amide bonds. The van der Waals surface area contributed by atoms with Crippen LogP contribution in [-0.2, 0) is 19.1 Å². The maximum atomic E-state index is 12.1. The van der Waals surface area contributed by atoms with E-state index in [0.29, 0.717) is 11.3 Å². The van der Waals surface area contributed by atoms with Crippen molar-refractivity contribution in [2.45, 2.75) is 31.6 Å². The molecule has 1 fully saturated rings. The molecule has 9 nitrogen and oxygen atoms in total. The number of carbonyl (C=O) groups excluding carboxylic acids is 3. The van der Waals surface area contributed by atoms with Gasteiger partial charge in [-0.15, -0.1) is 11.8 Å². The monoisotopic (exact) mass is 381 g/mol. The van der Waals surface area contributed by atoms with Gasteiger partial charge in [0.25, 0.3) is 5.69 Å². The second kappa shape index (κ2) is 8.65. The summed E-state index contributed by atoms with van der Waals surface area (Å²) in [6.07, 6.45) is -0.103. The molecule has 2 atom stereocenters. The van der Waals surface area contributed by atoms with Crippen LogP contribution in [0.3, 0.4) is 0 Å². The molecule has 2 N–H and O–H groups in total. The van der Waals surface area contributed by atoms with Gasteiger partial charge in [0.15, 0.2) is 0 Å². The van der Waals surface area contributed by atoms with E-state index in [9.17, 15) is 24.5 Å². The highest BCUT2D eigenvalue weighted by Gasteiger charge is 2.34. The van der Waals surface area contributed by atoms with Crippen molar-refractivity contribution in [2.24, 2.45) is 0 Å². The fourth-order valence-electron chi connectivity index (χ4n) is 2.38. The van der Waals surface area contributed by atoms with Gasteiger partial charge in [0.1, 0.15) is 6.04 Å². The second-order valence-corrected chi connectivity index (χ2v) is 6.88. The molecule has 1 saturated heterocycles. The number of rotatable bonds is 6. The van der Waals surface area contributed by atoms with Crippen LogP contribution in [0.25, 0.3) is 0 Å². The third-order valence-electron chi connectivity index (χ3n) is 3.70. The number of amides is 2. The summed E-state index contributed by atoms with van der Waals surface area (Å²) >= 11 is 1.20. The fraction of sp³-hybridized carbons (Fsp3) is 0.438. The summed E-state index contributed by atoms with van der Waals surface area (Å²) in [6.45, 7) is 3.51. The second-order valence-electron chi connectivity index (χ2n) is 5.65. The molecule has 10 heteroatoms. The van der Waals surface area contributed by atoms with Crippen LogP contribution in [0.5, 0.6) is 0 Å². The van der Waals surface area contributed by atoms with E-state index < -0.39 is 34.0 Å². The molecule has 140 valence electrons. The molecule has 0 bridgehead atoms. The summed E-state index contributed by atoms with van der Waals surface area (Å²) in [5, 5.41) is 15.4. The zero-order valence-corrected chi connectivity index (χ0v) is 15.1. The van der Waals surface area contributed by atoms with Crippen molar-refractivity contribution in [1.29, 1.82) is 0 Å². The SMILES string of the molecule is CCOC(=O)C1CSC(CC(=O)Nc2ccc(C)c([N+](=O)[O-])c2)C(=O)N1. The third-order valence-corrected chi connectivity index (χ3v) is 5.01. The van der Waals surface area contributed by atoms with Gasteiger partial charge in [0, 0.05) is 29.5 Å². The van der Waals surface area contributed by atoms with Gasteiger partial charge in [-0.05, 0) is 19.9 Å². The number of nitro groups is 1. The van der Waals surface area contributed by atoms with E-state index in [0.717, 1.165) is 0 Å². The lowest BCUT2D eigenvalue weighted by atomic mass is 10.1. The Morgan fingerprint density at radius 1 is 1.46 bits per heavy atom. The molecule has 0 saturated carbocycles. The molecule has 0 aliphatic carbocycles. The number of aryl methyl sites for hydroxylation is 1. The Bertz CT molecular complexity index is 739. The van der Waals surface area contributed by atoms with Crippen LogP contribution in [-0.4, -0.2) is 46.4 Å². The topological polar surface area (TPSA) is 128 Å². The Balaban J connectivity index is 1.93. The van der Waals surface area contributed by atoms with E-state index in [2.05, 4.69) is 10.6 Å². The Kier molecular flexibility index (Phi) is 6.56. The van der Waals surface area contributed by atoms with E-state index in [1.165, 1.54) is 17.8 Å². The number of hydrogen-bond acceptors (Lipinski definition) is 7. The first-order valence-corrected chi connectivity index (χ1v) is 9.00. The number of carbonyl (C=O) groups is 3. The van der Waals surface area contributed by atoms with Crippen LogP contribution in [0.2, 0.25) is 0 Å². The quantitative estimate of drug-likeness (QED) is 0.433. The summed E-state index contributed by atoms with van der Waals surface area (Å²) in [4.78, 5) is 46.3. The Morgan fingerprint density at radius 3 is 2.81 bits per heavy atom. The molecule has 1 aliphatic rings. The van der Waals surface area contributed by atoms with E-state index in [-0.39, 0.29) is 24.4 Å². The number of benzene rings is 1. The van der Waals surface area contributed by atoms with Crippen molar-refractivity contribution in [3.05, 3.63) is 33.9 Å². The predicted molar refractivity (Wildman–Crippen MR) is 95.9 cm³/mol. The standard InChI is InChI=1S/C16H19N3O6S/c1-3-25-16(22)11-8-26-13(15(21)18-11)7-14(20)17-10-5-4-9(2)12(6-10)19(23)24/h4-6,11,13H,3,7-8H2,1-2H3,(H,17,20)(H,18,21). The largest absolute Gasteiger partial charge is 0.464 e. The molecule has 1 heterocycles. The van der Waals surface area contributed by atoms with Crippen molar-refractivity contribution in [1.82, 2.24) is 5.32 Å². The van der Waals surface area contributed by atoms with Crippen LogP contribution in [0.15, 0.2) is 18.2 Å². The minimum atomic E-state index is -0.716. The van der Waals surface area contributed by atoms with Gasteiger partial charge >= 0.3 is 5.97 Å². The first kappa shape index (κ1) is 19.7. The molecule has 0 aromatic heterocycles. The highest BCUT2D eigenvalue weighted by Crippen LogP contribution is 2.24. The predicted octanol–water partition coefficient (Wildman–Crippen LogP) is 1.40. The van der Waals surface area contributed by atoms with E-state index in [4.69, 9.17) is 4.74 Å². The van der Waals surface area contributed by atoms with Crippen LogP contribution < -0.4 is 10.6 Å². The average Bonchev–Trinajstić information content (AvgIpc) is 2.58. The number of nitrogens with zero attached hydrogens (tertiary/aromatic N) is 1. The van der Waals surface area contributed by atoms with Crippen LogP contribution in [0.4, 0.5) is 11.4 Å². The van der Waals surface area contributed by atoms with Crippen molar-refractivity contribution >= 4 is 40.9 Å². The zero-order valence-electron chi connectivity index (χ0n) is 14.3. The van der Waals surface area contributed by atoms with E-state index in [1.54, 1.807) is 26.0 Å². The Hall–Kier alpha value is -2.62. The summed E-state index contributed by atoms with van der Waals surface area (Å²) in [6, 6.07) is 3.66. The molecule has 2 rings (SSSR count). The van der Waals surface area contributed by atoms with Crippen molar-refractivity contribution in [3.8, 4) is 0 Å². The smallest absolute Gasteiger partial charge is 0.329 e. The lowest BCUT2D eigenvalue weighted by Crippen LogP contribution is -2.51. The molecular weight excluding hydrogens is 362 g/mol. The number of anilines is 1. The van der Waals surface area contributed by atoms with E-state index >= 15 is 0 Å². The van der Waals surface area contributed by atoms with Gasteiger partial charge < -0.3 is 15.4 Å². The molecule has 1 aliphatic heterocycles. The summed E-state index contributed by atoms with van der Waals surface area (Å²) in [5.74, 6) is -1.03. The van der Waals surface area contributed by atoms with Crippen LogP contribution in [0.1, 0.15) is 18.9 Å². The Labute approximate surface area is 154 Å². The molecule has 26 heavy (non-hydrogen) atoms. The van der Waals surface area contributed by atoms with Crippen LogP contribution in [0, 0.1) is 17.0 Å². The zero-order chi connectivity index (χ0) is 19.3. The first-order valence-electron chi connectivity index (χ1n) is 7.95. The molecule has 1 aromatic carbocycles. The lowest BCUT2D eigenvalue weighted by molar-refractivity contribution is -0.385. The van der Waals surface area contributed by atoms with Crippen molar-refractivity contribution in [3.63, 3.8) is 0 Å². The number of ether oxygens (including phenoxy) is 1. The van der Waals surface area contributed by atoms with Gasteiger partial charge in [0.2, 0.25) is 11.8 Å².